The van der Waals surface area contributed by atoms with Gasteiger partial charge in [0.2, 0.25) is 5.91 Å². The van der Waals surface area contributed by atoms with Crippen molar-refractivity contribution in [2.45, 2.75) is 32.1 Å². The lowest BCUT2D eigenvalue weighted by Crippen LogP contribution is -2.40. The first-order valence-corrected chi connectivity index (χ1v) is 11.0. The summed E-state index contributed by atoms with van der Waals surface area (Å²) in [6, 6.07) is 3.99. The quantitative estimate of drug-likeness (QED) is 0.784. The summed E-state index contributed by atoms with van der Waals surface area (Å²) in [4.78, 5) is 22.1. The Hall–Kier alpha value is -1.70. The van der Waals surface area contributed by atoms with Crippen LogP contribution in [0.2, 0.25) is 0 Å². The predicted octanol–water partition coefficient (Wildman–Crippen LogP) is 2.07. The predicted molar refractivity (Wildman–Crippen MR) is 113 cm³/mol. The molecule has 0 bridgehead atoms. The fourth-order valence-corrected chi connectivity index (χ4v) is 4.34. The van der Waals surface area contributed by atoms with Gasteiger partial charge in [0, 0.05) is 40.6 Å². The molecule has 7 heteroatoms. The minimum atomic E-state index is -0.741. The molecule has 0 spiro atoms. The van der Waals surface area contributed by atoms with Crippen LogP contribution in [0, 0.1) is 11.8 Å². The van der Waals surface area contributed by atoms with Gasteiger partial charge >= 0.3 is 0 Å². The number of piperidine rings is 1. The number of carbonyl (C=O) groups excluding carboxylic acids is 1. The van der Waals surface area contributed by atoms with Gasteiger partial charge < -0.3 is 24.6 Å². The Morgan fingerprint density at radius 1 is 1.10 bits per heavy atom. The Morgan fingerprint density at radius 2 is 1.83 bits per heavy atom. The molecule has 0 aliphatic carbocycles. The van der Waals surface area contributed by atoms with Crippen LogP contribution >= 0.6 is 0 Å². The van der Waals surface area contributed by atoms with Crippen molar-refractivity contribution in [1.82, 2.24) is 10.3 Å². The van der Waals surface area contributed by atoms with Gasteiger partial charge in [-0.25, -0.2) is 4.98 Å². The summed E-state index contributed by atoms with van der Waals surface area (Å²) < 4.78 is 19.5. The molecule has 1 unspecified atom stereocenters. The largest absolute Gasteiger partial charge is 0.381 e. The highest BCUT2D eigenvalue weighted by Gasteiger charge is 2.26. The Bertz CT molecular complexity index is 671. The van der Waals surface area contributed by atoms with Crippen molar-refractivity contribution < 1.29 is 15.6 Å². The summed E-state index contributed by atoms with van der Waals surface area (Å²) in [5, 5.41) is 3.39. The van der Waals surface area contributed by atoms with Gasteiger partial charge in [-0.2, -0.15) is 0 Å². The highest BCUT2D eigenvalue weighted by Crippen LogP contribution is 2.26. The number of rotatable bonds is 6. The molecule has 7 nitrogen and oxygen atoms in total. The van der Waals surface area contributed by atoms with Crippen LogP contribution in [-0.2, 0) is 14.3 Å². The lowest BCUT2D eigenvalue weighted by molar-refractivity contribution is -0.120. The van der Waals surface area contributed by atoms with Crippen LogP contribution in [0.25, 0.3) is 0 Å². The summed E-state index contributed by atoms with van der Waals surface area (Å²) in [6.07, 6.45) is 4.76. The van der Waals surface area contributed by atoms with Crippen molar-refractivity contribution in [2.24, 2.45) is 11.8 Å². The average molecular weight is 404 g/mol. The van der Waals surface area contributed by atoms with Crippen molar-refractivity contribution in [2.75, 3.05) is 69.0 Å². The molecule has 4 heterocycles. The van der Waals surface area contributed by atoms with E-state index in [-0.39, 0.29) is 11.8 Å². The number of amides is 1. The Morgan fingerprint density at radius 3 is 2.52 bits per heavy atom. The molecule has 29 heavy (non-hydrogen) atoms. The monoisotopic (exact) mass is 403 g/mol. The third kappa shape index (κ3) is 5.68. The van der Waals surface area contributed by atoms with Crippen LogP contribution in [0.5, 0.6) is 0 Å². The van der Waals surface area contributed by atoms with Gasteiger partial charge in [-0.3, -0.25) is 4.79 Å². The Balaban J connectivity index is 1.50. The van der Waals surface area contributed by atoms with E-state index in [2.05, 4.69) is 15.2 Å². The lowest BCUT2D eigenvalue weighted by Gasteiger charge is -2.32. The average Bonchev–Trinajstić information content (AvgIpc) is 2.83. The highest BCUT2D eigenvalue weighted by molar-refractivity contribution is 5.93. The number of morpholine rings is 1. The third-order valence-corrected chi connectivity index (χ3v) is 6.19. The smallest absolute Gasteiger partial charge is 0.227 e. The maximum absolute atomic E-state index is 13.4. The van der Waals surface area contributed by atoms with Crippen LogP contribution in [-0.4, -0.2) is 70.0 Å². The number of pyridine rings is 1. The van der Waals surface area contributed by atoms with E-state index >= 15 is 0 Å². The first kappa shape index (κ1) is 19.3. The topological polar surface area (TPSA) is 66.9 Å². The zero-order valence-corrected chi connectivity index (χ0v) is 17.2. The van der Waals surface area contributed by atoms with Crippen LogP contribution in [0.15, 0.2) is 18.3 Å². The first-order chi connectivity index (χ1) is 14.7. The molecule has 0 saturated carbocycles. The second kappa shape index (κ2) is 10.4. The van der Waals surface area contributed by atoms with E-state index in [1.165, 1.54) is 0 Å². The van der Waals surface area contributed by atoms with Gasteiger partial charge in [-0.15, -0.1) is 0 Å². The van der Waals surface area contributed by atoms with Crippen molar-refractivity contribution in [3.63, 3.8) is 0 Å². The Kier molecular flexibility index (Phi) is 6.89. The molecular formula is C22H34N4O3. The zero-order chi connectivity index (χ0) is 20.8. The molecule has 1 aromatic heterocycles. The second-order valence-corrected chi connectivity index (χ2v) is 8.23. The van der Waals surface area contributed by atoms with Crippen molar-refractivity contribution in [1.29, 1.82) is 0 Å². The van der Waals surface area contributed by atoms with E-state index in [1.54, 1.807) is 6.20 Å². The van der Waals surface area contributed by atoms with Crippen LogP contribution in [0.1, 0.15) is 33.5 Å². The molecule has 3 saturated heterocycles. The number of hydrogen-bond donors (Lipinski definition) is 1. The third-order valence-electron chi connectivity index (χ3n) is 6.19. The normalized spacial score (nSPS) is 23.4. The number of nitrogens with one attached hydrogen (secondary N) is 1. The highest BCUT2D eigenvalue weighted by atomic mass is 16.5. The van der Waals surface area contributed by atoms with Crippen LogP contribution in [0.3, 0.4) is 0 Å². The molecular weight excluding hydrogens is 368 g/mol. The number of aromatic nitrogens is 1. The van der Waals surface area contributed by atoms with Gasteiger partial charge in [0.05, 0.1) is 25.1 Å². The standard InChI is InChI=1S/C22H34N4O3/c27-22(15-18-5-11-28-12-6-18)26(17-19-3-7-23-8-4-19)20-1-2-21(24-16-20)25-9-13-29-14-10-25/h1-2,16,18-19,23H,3-15,17H2/i15D. The molecule has 1 N–H and O–H groups in total. The second-order valence-electron chi connectivity index (χ2n) is 8.23. The number of ether oxygens (including phenoxy) is 2. The molecule has 3 aliphatic rings. The van der Waals surface area contributed by atoms with Gasteiger partial charge in [-0.05, 0) is 62.7 Å². The SMILES string of the molecule is [2H]C(C(=O)N(CC1CCNCC1)c1ccc(N2CCOCC2)nc1)C1CCOCC1. The maximum Gasteiger partial charge on any atom is 0.227 e. The van der Waals surface area contributed by atoms with Crippen LogP contribution < -0.4 is 15.1 Å². The molecule has 1 atom stereocenters. The molecule has 0 radical (unpaired) electrons. The number of hydrogen-bond acceptors (Lipinski definition) is 6. The molecule has 3 aliphatic heterocycles. The van der Waals surface area contributed by atoms with E-state index < -0.39 is 6.40 Å². The molecule has 1 aromatic rings. The van der Waals surface area contributed by atoms with Crippen molar-refractivity contribution >= 4 is 17.4 Å². The maximum atomic E-state index is 13.4. The van der Waals surface area contributed by atoms with Crippen LogP contribution in [0.4, 0.5) is 11.5 Å². The summed E-state index contributed by atoms with van der Waals surface area (Å²) in [5.41, 5.74) is 0.805. The minimum absolute atomic E-state index is 0.0716. The number of carbonyl (C=O) groups is 1. The molecule has 4 rings (SSSR count). The Labute approximate surface area is 175 Å². The summed E-state index contributed by atoms with van der Waals surface area (Å²) in [5.74, 6) is 1.35. The first-order valence-electron chi connectivity index (χ1n) is 11.6. The minimum Gasteiger partial charge on any atom is -0.381 e. The fraction of sp³-hybridized carbons (Fsp3) is 0.727. The van der Waals surface area contributed by atoms with E-state index in [0.717, 1.165) is 76.6 Å². The van der Waals surface area contributed by atoms with E-state index in [1.807, 2.05) is 17.0 Å². The van der Waals surface area contributed by atoms with Crippen molar-refractivity contribution in [3.8, 4) is 0 Å². The number of nitrogens with zero attached hydrogens (tertiary/aromatic N) is 3. The summed E-state index contributed by atoms with van der Waals surface area (Å²) >= 11 is 0. The van der Waals surface area contributed by atoms with E-state index in [4.69, 9.17) is 10.8 Å². The van der Waals surface area contributed by atoms with Crippen molar-refractivity contribution in [3.05, 3.63) is 18.3 Å². The lowest BCUT2D eigenvalue weighted by atomic mass is 9.94. The van der Waals surface area contributed by atoms with E-state index in [0.29, 0.717) is 25.7 Å². The molecule has 3 fully saturated rings. The molecule has 0 aromatic carbocycles. The number of anilines is 2. The van der Waals surface area contributed by atoms with Gasteiger partial charge in [0.15, 0.2) is 0 Å². The van der Waals surface area contributed by atoms with E-state index in [9.17, 15) is 4.79 Å². The summed E-state index contributed by atoms with van der Waals surface area (Å²) in [6.45, 7) is 7.05. The molecule has 160 valence electrons. The van der Waals surface area contributed by atoms with Gasteiger partial charge in [0.1, 0.15) is 5.82 Å². The zero-order valence-electron chi connectivity index (χ0n) is 18.2. The molecule has 1 amide bonds. The fourth-order valence-electron chi connectivity index (χ4n) is 4.34. The van der Waals surface area contributed by atoms with Gasteiger partial charge in [-0.1, -0.05) is 0 Å². The summed E-state index contributed by atoms with van der Waals surface area (Å²) in [7, 11) is 0. The van der Waals surface area contributed by atoms with Gasteiger partial charge in [0.25, 0.3) is 0 Å².